The van der Waals surface area contributed by atoms with Crippen molar-refractivity contribution in [3.8, 4) is 11.3 Å². The molecule has 2 N–H and O–H groups in total. The van der Waals surface area contributed by atoms with Crippen LogP contribution >= 0.6 is 0 Å². The van der Waals surface area contributed by atoms with E-state index in [0.717, 1.165) is 12.8 Å². The summed E-state index contributed by atoms with van der Waals surface area (Å²) in [4.78, 5) is 26.4. The molecule has 1 fully saturated rings. The number of piperidine rings is 1. The van der Waals surface area contributed by atoms with Crippen LogP contribution in [0.3, 0.4) is 0 Å². The van der Waals surface area contributed by atoms with Gasteiger partial charge in [-0.1, -0.05) is 53.7 Å². The van der Waals surface area contributed by atoms with Crippen molar-refractivity contribution in [2.24, 2.45) is 0 Å². The first kappa shape index (κ1) is 18.7. The van der Waals surface area contributed by atoms with E-state index in [4.69, 9.17) is 4.52 Å². The van der Waals surface area contributed by atoms with Crippen LogP contribution in [-0.4, -0.2) is 46.2 Å². The predicted octanol–water partition coefficient (Wildman–Crippen LogP) is 3.76. The smallest absolute Gasteiger partial charge is 0.343 e. The normalized spacial score (nSPS) is 16.4. The standard InChI is InChI=1S/C22H21N3O4/c26-21(16-10-5-2-6-11-16)25-13-7-12-17(14-25)23-20-18(22(27)28)19(29-24-20)15-8-3-1-4-9-15/h1-6,8-11,17H,7,12-14H2,(H,23,24)(H,27,28). The molecule has 1 atom stereocenters. The Balaban J connectivity index is 1.53. The summed E-state index contributed by atoms with van der Waals surface area (Å²) >= 11 is 0. The number of aromatic nitrogens is 1. The molecule has 148 valence electrons. The molecule has 1 aromatic heterocycles. The fourth-order valence-corrected chi connectivity index (χ4v) is 3.61. The predicted molar refractivity (Wildman–Crippen MR) is 108 cm³/mol. The van der Waals surface area contributed by atoms with Gasteiger partial charge in [-0.2, -0.15) is 0 Å². The average Bonchev–Trinajstić information content (AvgIpc) is 3.18. The molecule has 3 aromatic rings. The summed E-state index contributed by atoms with van der Waals surface area (Å²) in [5.41, 5.74) is 1.30. The highest BCUT2D eigenvalue weighted by Gasteiger charge is 2.29. The number of carbonyl (C=O) groups is 2. The van der Waals surface area contributed by atoms with Crippen molar-refractivity contribution < 1.29 is 19.2 Å². The molecule has 1 aliphatic rings. The number of hydrogen-bond donors (Lipinski definition) is 2. The first-order valence-corrected chi connectivity index (χ1v) is 9.52. The van der Waals surface area contributed by atoms with E-state index in [2.05, 4.69) is 10.5 Å². The van der Waals surface area contributed by atoms with E-state index in [1.54, 1.807) is 29.2 Å². The summed E-state index contributed by atoms with van der Waals surface area (Å²) in [6.45, 7) is 1.14. The zero-order valence-corrected chi connectivity index (χ0v) is 15.7. The van der Waals surface area contributed by atoms with Gasteiger partial charge in [-0.05, 0) is 25.0 Å². The van der Waals surface area contributed by atoms with Gasteiger partial charge in [-0.15, -0.1) is 0 Å². The fourth-order valence-electron chi connectivity index (χ4n) is 3.61. The van der Waals surface area contributed by atoms with Gasteiger partial charge in [0.1, 0.15) is 0 Å². The second-order valence-corrected chi connectivity index (χ2v) is 7.01. The van der Waals surface area contributed by atoms with Crippen LogP contribution in [0.1, 0.15) is 33.6 Å². The number of nitrogens with zero attached hydrogens (tertiary/aromatic N) is 2. The summed E-state index contributed by atoms with van der Waals surface area (Å²) in [6.07, 6.45) is 1.63. The Morgan fingerprint density at radius 3 is 2.45 bits per heavy atom. The van der Waals surface area contributed by atoms with Crippen molar-refractivity contribution >= 4 is 17.7 Å². The second kappa shape index (κ2) is 8.18. The topological polar surface area (TPSA) is 95.7 Å². The first-order valence-electron chi connectivity index (χ1n) is 9.52. The maximum atomic E-state index is 12.7. The molecule has 7 heteroatoms. The number of carboxylic acids is 1. The lowest BCUT2D eigenvalue weighted by Gasteiger charge is -2.33. The lowest BCUT2D eigenvalue weighted by molar-refractivity contribution is 0.0691. The van der Waals surface area contributed by atoms with Crippen molar-refractivity contribution in [3.63, 3.8) is 0 Å². The number of carboxylic acid groups (broad SMARTS) is 1. The van der Waals surface area contributed by atoms with E-state index in [9.17, 15) is 14.7 Å². The third kappa shape index (κ3) is 3.99. The molecule has 1 saturated heterocycles. The van der Waals surface area contributed by atoms with Crippen molar-refractivity contribution in [1.29, 1.82) is 0 Å². The minimum atomic E-state index is -1.11. The Kier molecular flexibility index (Phi) is 5.29. The lowest BCUT2D eigenvalue weighted by atomic mass is 10.0. The highest BCUT2D eigenvalue weighted by molar-refractivity contribution is 5.99. The Morgan fingerprint density at radius 1 is 1.07 bits per heavy atom. The van der Waals surface area contributed by atoms with E-state index < -0.39 is 5.97 Å². The Labute approximate surface area is 167 Å². The van der Waals surface area contributed by atoms with Gasteiger partial charge in [0.05, 0.1) is 0 Å². The van der Waals surface area contributed by atoms with Gasteiger partial charge >= 0.3 is 5.97 Å². The van der Waals surface area contributed by atoms with E-state index in [1.165, 1.54) is 0 Å². The SMILES string of the molecule is O=C(O)c1c(NC2CCCN(C(=O)c3ccccc3)C2)noc1-c1ccccc1. The van der Waals surface area contributed by atoms with Crippen LogP contribution in [-0.2, 0) is 0 Å². The minimum Gasteiger partial charge on any atom is -0.477 e. The molecule has 2 aromatic carbocycles. The van der Waals surface area contributed by atoms with Gasteiger partial charge in [0, 0.05) is 30.3 Å². The summed E-state index contributed by atoms with van der Waals surface area (Å²) < 4.78 is 5.35. The second-order valence-electron chi connectivity index (χ2n) is 7.01. The monoisotopic (exact) mass is 391 g/mol. The zero-order valence-electron chi connectivity index (χ0n) is 15.7. The third-order valence-corrected chi connectivity index (χ3v) is 5.01. The molecule has 0 radical (unpaired) electrons. The summed E-state index contributed by atoms with van der Waals surface area (Å²) in [5, 5.41) is 16.9. The molecule has 0 spiro atoms. The Morgan fingerprint density at radius 2 is 1.76 bits per heavy atom. The highest BCUT2D eigenvalue weighted by Crippen LogP contribution is 2.30. The van der Waals surface area contributed by atoms with Crippen molar-refractivity contribution in [1.82, 2.24) is 10.1 Å². The van der Waals surface area contributed by atoms with E-state index in [1.807, 2.05) is 36.4 Å². The molecule has 1 unspecified atom stereocenters. The number of amides is 1. The number of nitrogens with one attached hydrogen (secondary N) is 1. The number of anilines is 1. The van der Waals surface area contributed by atoms with Gasteiger partial charge in [0.25, 0.3) is 5.91 Å². The molecule has 7 nitrogen and oxygen atoms in total. The maximum Gasteiger partial charge on any atom is 0.343 e. The summed E-state index contributed by atoms with van der Waals surface area (Å²) in [7, 11) is 0. The van der Waals surface area contributed by atoms with Gasteiger partial charge < -0.3 is 19.8 Å². The molecule has 0 aliphatic carbocycles. The number of benzene rings is 2. The number of hydrogen-bond acceptors (Lipinski definition) is 5. The maximum absolute atomic E-state index is 12.7. The van der Waals surface area contributed by atoms with Gasteiger partial charge in [0.15, 0.2) is 17.1 Å². The average molecular weight is 391 g/mol. The fraction of sp³-hybridized carbons (Fsp3) is 0.227. The van der Waals surface area contributed by atoms with Gasteiger partial charge in [-0.25, -0.2) is 4.79 Å². The van der Waals surface area contributed by atoms with Crippen LogP contribution in [0.5, 0.6) is 0 Å². The van der Waals surface area contributed by atoms with Crippen molar-refractivity contribution in [2.75, 3.05) is 18.4 Å². The number of aromatic carboxylic acids is 1. The number of rotatable bonds is 5. The number of carbonyl (C=O) groups excluding carboxylic acids is 1. The molecular formula is C22H21N3O4. The van der Waals surface area contributed by atoms with E-state index in [0.29, 0.717) is 24.2 Å². The largest absolute Gasteiger partial charge is 0.477 e. The van der Waals surface area contributed by atoms with Crippen LogP contribution in [0.25, 0.3) is 11.3 Å². The van der Waals surface area contributed by atoms with Gasteiger partial charge in [-0.3, -0.25) is 4.79 Å². The van der Waals surface area contributed by atoms with Crippen molar-refractivity contribution in [2.45, 2.75) is 18.9 Å². The van der Waals surface area contributed by atoms with Gasteiger partial charge in [0.2, 0.25) is 0 Å². The zero-order chi connectivity index (χ0) is 20.2. The van der Waals surface area contributed by atoms with Crippen LogP contribution in [0.4, 0.5) is 5.82 Å². The first-order chi connectivity index (χ1) is 14.1. The number of likely N-dealkylation sites (tertiary alicyclic amines) is 1. The van der Waals surface area contributed by atoms with Crippen LogP contribution in [0, 0.1) is 0 Å². The Bertz CT molecular complexity index is 1000. The summed E-state index contributed by atoms with van der Waals surface area (Å²) in [6, 6.07) is 18.1. The summed E-state index contributed by atoms with van der Waals surface area (Å²) in [5.74, 6) is -0.731. The molecule has 1 amide bonds. The molecule has 0 saturated carbocycles. The van der Waals surface area contributed by atoms with Crippen LogP contribution in [0.15, 0.2) is 65.2 Å². The molecule has 0 bridgehead atoms. The molecule has 1 aliphatic heterocycles. The van der Waals surface area contributed by atoms with Crippen LogP contribution in [0.2, 0.25) is 0 Å². The quantitative estimate of drug-likeness (QED) is 0.688. The van der Waals surface area contributed by atoms with Crippen molar-refractivity contribution in [3.05, 3.63) is 71.8 Å². The minimum absolute atomic E-state index is 0.00251. The van der Waals surface area contributed by atoms with E-state index >= 15 is 0 Å². The van der Waals surface area contributed by atoms with E-state index in [-0.39, 0.29) is 29.1 Å². The molecule has 2 heterocycles. The Hall–Kier alpha value is -3.61. The highest BCUT2D eigenvalue weighted by atomic mass is 16.5. The molecular weight excluding hydrogens is 370 g/mol. The third-order valence-electron chi connectivity index (χ3n) is 5.01. The molecule has 29 heavy (non-hydrogen) atoms. The van der Waals surface area contributed by atoms with Crippen LogP contribution < -0.4 is 5.32 Å². The lowest BCUT2D eigenvalue weighted by Crippen LogP contribution is -2.45. The molecule has 4 rings (SSSR count).